The van der Waals surface area contributed by atoms with Crippen molar-refractivity contribution in [1.29, 1.82) is 0 Å². The first-order valence-corrected chi connectivity index (χ1v) is 7.79. The van der Waals surface area contributed by atoms with Gasteiger partial charge in [0.25, 0.3) is 0 Å². The van der Waals surface area contributed by atoms with Crippen molar-refractivity contribution in [2.75, 3.05) is 5.75 Å². The fraction of sp³-hybridized carbons (Fsp3) is 0.200. The predicted molar refractivity (Wildman–Crippen MR) is 83.3 cm³/mol. The molecule has 1 N–H and O–H groups in total. The molecule has 0 aliphatic rings. The molecule has 20 heavy (non-hydrogen) atoms. The van der Waals surface area contributed by atoms with E-state index in [0.29, 0.717) is 21.4 Å². The van der Waals surface area contributed by atoms with Crippen LogP contribution in [0.3, 0.4) is 0 Å². The van der Waals surface area contributed by atoms with Gasteiger partial charge in [-0.3, -0.25) is 0 Å². The number of benzene rings is 2. The molecule has 2 aromatic carbocycles. The summed E-state index contributed by atoms with van der Waals surface area (Å²) < 4.78 is 13.6. The summed E-state index contributed by atoms with van der Waals surface area (Å²) in [5.74, 6) is 0.0831. The Bertz CT molecular complexity index is 554. The SMILES string of the molecule is OC(CSc1ccc(Cl)cc1)Cc1c(F)cccc1Cl. The minimum Gasteiger partial charge on any atom is -0.392 e. The maximum absolute atomic E-state index is 13.6. The molecule has 0 fully saturated rings. The van der Waals surface area contributed by atoms with Gasteiger partial charge in [-0.2, -0.15) is 0 Å². The third-order valence-corrected chi connectivity index (χ3v) is 4.52. The molecule has 1 atom stereocenters. The summed E-state index contributed by atoms with van der Waals surface area (Å²) in [6.07, 6.45) is -0.461. The highest BCUT2D eigenvalue weighted by Gasteiger charge is 2.13. The van der Waals surface area contributed by atoms with Gasteiger partial charge in [-0.05, 0) is 36.4 Å². The monoisotopic (exact) mass is 330 g/mol. The Morgan fingerprint density at radius 3 is 2.45 bits per heavy atom. The molecular formula is C15H13Cl2FOS. The first-order chi connectivity index (χ1) is 9.56. The first-order valence-electron chi connectivity index (χ1n) is 6.05. The van der Waals surface area contributed by atoms with E-state index in [1.165, 1.54) is 17.8 Å². The smallest absolute Gasteiger partial charge is 0.127 e. The molecule has 1 nitrogen and oxygen atoms in total. The molecule has 2 aromatic rings. The zero-order valence-electron chi connectivity index (χ0n) is 10.5. The Balaban J connectivity index is 1.92. The number of rotatable bonds is 5. The Morgan fingerprint density at radius 1 is 1.10 bits per heavy atom. The van der Waals surface area contributed by atoms with E-state index in [-0.39, 0.29) is 12.2 Å². The molecule has 0 spiro atoms. The van der Waals surface area contributed by atoms with Crippen LogP contribution in [0.1, 0.15) is 5.56 Å². The van der Waals surface area contributed by atoms with Gasteiger partial charge in [0.15, 0.2) is 0 Å². The maximum atomic E-state index is 13.6. The van der Waals surface area contributed by atoms with Crippen LogP contribution in [0.25, 0.3) is 0 Å². The first kappa shape index (κ1) is 15.6. The lowest BCUT2D eigenvalue weighted by atomic mass is 10.1. The largest absolute Gasteiger partial charge is 0.392 e. The standard InChI is InChI=1S/C15H13Cl2FOS/c16-10-4-6-12(7-5-10)20-9-11(19)8-13-14(17)2-1-3-15(13)18/h1-7,11,19H,8-9H2. The number of halogens is 3. The Labute approximate surface area is 131 Å². The molecule has 0 radical (unpaired) electrons. The van der Waals surface area contributed by atoms with Crippen molar-refractivity contribution in [2.24, 2.45) is 0 Å². The van der Waals surface area contributed by atoms with Crippen molar-refractivity contribution < 1.29 is 9.50 Å². The lowest BCUT2D eigenvalue weighted by molar-refractivity contribution is 0.199. The lowest BCUT2D eigenvalue weighted by Gasteiger charge is -2.12. The molecule has 0 aliphatic heterocycles. The van der Waals surface area contributed by atoms with Gasteiger partial charge in [0.05, 0.1) is 6.10 Å². The topological polar surface area (TPSA) is 20.2 Å². The number of aliphatic hydroxyl groups excluding tert-OH is 1. The highest BCUT2D eigenvalue weighted by atomic mass is 35.5. The molecule has 0 saturated heterocycles. The van der Waals surface area contributed by atoms with Crippen molar-refractivity contribution in [3.63, 3.8) is 0 Å². The van der Waals surface area contributed by atoms with Crippen molar-refractivity contribution in [3.8, 4) is 0 Å². The molecule has 106 valence electrons. The zero-order chi connectivity index (χ0) is 14.5. The Hall–Kier alpha value is -0.740. The molecule has 1 unspecified atom stereocenters. The van der Waals surface area contributed by atoms with Crippen LogP contribution in [0, 0.1) is 5.82 Å². The third kappa shape index (κ3) is 4.38. The average molecular weight is 331 g/mol. The number of aliphatic hydroxyl groups is 1. The highest BCUT2D eigenvalue weighted by molar-refractivity contribution is 7.99. The number of hydrogen-bond acceptors (Lipinski definition) is 2. The Kier molecular flexibility index (Phi) is 5.73. The second-order valence-electron chi connectivity index (χ2n) is 4.32. The third-order valence-electron chi connectivity index (χ3n) is 2.76. The summed E-state index contributed by atoms with van der Waals surface area (Å²) in [5, 5.41) is 11.0. The van der Waals surface area contributed by atoms with Crippen molar-refractivity contribution in [1.82, 2.24) is 0 Å². The summed E-state index contributed by atoms with van der Waals surface area (Å²) in [6, 6.07) is 11.9. The van der Waals surface area contributed by atoms with E-state index in [2.05, 4.69) is 0 Å². The second-order valence-corrected chi connectivity index (χ2v) is 6.26. The predicted octanol–water partition coefficient (Wildman–Crippen LogP) is 4.83. The fourth-order valence-corrected chi connectivity index (χ4v) is 2.94. The fourth-order valence-electron chi connectivity index (χ4n) is 1.75. The summed E-state index contributed by atoms with van der Waals surface area (Å²) in [6.45, 7) is 0. The average Bonchev–Trinajstić information content (AvgIpc) is 2.42. The van der Waals surface area contributed by atoms with E-state index in [4.69, 9.17) is 23.2 Å². The zero-order valence-corrected chi connectivity index (χ0v) is 12.9. The van der Waals surface area contributed by atoms with Crippen LogP contribution >= 0.6 is 35.0 Å². The minimum absolute atomic E-state index is 0.200. The van der Waals surface area contributed by atoms with Crippen LogP contribution in [-0.4, -0.2) is 17.0 Å². The van der Waals surface area contributed by atoms with Crippen molar-refractivity contribution >= 4 is 35.0 Å². The molecule has 0 saturated carbocycles. The molecule has 0 aliphatic carbocycles. The van der Waals surface area contributed by atoms with Crippen LogP contribution in [0.5, 0.6) is 0 Å². The van der Waals surface area contributed by atoms with E-state index in [9.17, 15) is 9.50 Å². The quantitative estimate of drug-likeness (QED) is 0.792. The molecular weight excluding hydrogens is 318 g/mol. The molecule has 0 aromatic heterocycles. The van der Waals surface area contributed by atoms with E-state index < -0.39 is 6.10 Å². The van der Waals surface area contributed by atoms with Gasteiger partial charge in [-0.15, -0.1) is 11.8 Å². The number of hydrogen-bond donors (Lipinski definition) is 1. The summed E-state index contributed by atoms with van der Waals surface area (Å²) in [7, 11) is 0. The molecule has 0 amide bonds. The molecule has 0 heterocycles. The molecule has 2 rings (SSSR count). The second kappa shape index (κ2) is 7.32. The van der Waals surface area contributed by atoms with Crippen LogP contribution in [0.2, 0.25) is 10.0 Å². The molecule has 5 heteroatoms. The van der Waals surface area contributed by atoms with Crippen LogP contribution in [0.15, 0.2) is 47.4 Å². The van der Waals surface area contributed by atoms with E-state index in [1.807, 2.05) is 12.1 Å². The van der Waals surface area contributed by atoms with E-state index in [1.54, 1.807) is 24.3 Å². The number of thioether (sulfide) groups is 1. The molecule has 0 bridgehead atoms. The van der Waals surface area contributed by atoms with Gasteiger partial charge >= 0.3 is 0 Å². The lowest BCUT2D eigenvalue weighted by Crippen LogP contribution is -2.14. The summed E-state index contributed by atoms with van der Waals surface area (Å²) >= 11 is 13.2. The van der Waals surface area contributed by atoms with E-state index in [0.717, 1.165) is 4.90 Å². The van der Waals surface area contributed by atoms with Gasteiger partial charge in [0.2, 0.25) is 0 Å². The van der Waals surface area contributed by atoms with E-state index >= 15 is 0 Å². The van der Waals surface area contributed by atoms with Gasteiger partial charge in [0, 0.05) is 32.7 Å². The summed E-state index contributed by atoms with van der Waals surface area (Å²) in [4.78, 5) is 1.01. The normalized spacial score (nSPS) is 12.4. The van der Waals surface area contributed by atoms with Gasteiger partial charge in [0.1, 0.15) is 5.82 Å². The minimum atomic E-state index is -0.662. The van der Waals surface area contributed by atoms with Gasteiger partial charge < -0.3 is 5.11 Å². The van der Waals surface area contributed by atoms with Crippen molar-refractivity contribution in [2.45, 2.75) is 17.4 Å². The van der Waals surface area contributed by atoms with Crippen LogP contribution < -0.4 is 0 Å². The van der Waals surface area contributed by atoms with Crippen LogP contribution in [-0.2, 0) is 6.42 Å². The van der Waals surface area contributed by atoms with Crippen LogP contribution in [0.4, 0.5) is 4.39 Å². The summed E-state index contributed by atoms with van der Waals surface area (Å²) in [5.41, 5.74) is 0.360. The maximum Gasteiger partial charge on any atom is 0.127 e. The van der Waals surface area contributed by atoms with Crippen molar-refractivity contribution in [3.05, 3.63) is 63.9 Å². The van der Waals surface area contributed by atoms with Gasteiger partial charge in [-0.1, -0.05) is 29.3 Å². The Morgan fingerprint density at radius 2 is 1.80 bits per heavy atom. The highest BCUT2D eigenvalue weighted by Crippen LogP contribution is 2.24. The van der Waals surface area contributed by atoms with Gasteiger partial charge in [-0.25, -0.2) is 4.39 Å².